The minimum Gasteiger partial charge on any atom is -0.282 e. The van der Waals surface area contributed by atoms with Crippen LogP contribution in [-0.2, 0) is 0 Å². The van der Waals surface area contributed by atoms with Crippen LogP contribution in [0.3, 0.4) is 0 Å². The van der Waals surface area contributed by atoms with Crippen molar-refractivity contribution in [1.29, 1.82) is 5.41 Å². The van der Waals surface area contributed by atoms with Crippen LogP contribution in [0.5, 0.6) is 0 Å². The fraction of sp³-hybridized carbons (Fsp3) is 0. The lowest BCUT2D eigenvalue weighted by Gasteiger charge is -2.07. The first-order valence-electron chi connectivity index (χ1n) is 14.9. The molecule has 0 spiro atoms. The van der Waals surface area contributed by atoms with Crippen molar-refractivity contribution >= 4 is 70.9 Å². The van der Waals surface area contributed by atoms with E-state index in [9.17, 15) is 0 Å². The largest absolute Gasteiger partial charge is 0.282 e. The number of hydrogen-bond acceptors (Lipinski definition) is 2. The fourth-order valence-corrected chi connectivity index (χ4v) is 7.21. The molecule has 0 radical (unpaired) electrons. The first-order valence-corrected chi connectivity index (χ1v) is 15.7. The number of hydrogen-bond donors (Lipinski definition) is 1. The third-order valence-corrected chi connectivity index (χ3v) is 9.44. The van der Waals surface area contributed by atoms with Crippen LogP contribution in [-0.4, -0.2) is 17.9 Å². The van der Waals surface area contributed by atoms with Crippen molar-refractivity contribution in [2.24, 2.45) is 9.98 Å². The summed E-state index contributed by atoms with van der Waals surface area (Å²) in [5, 5.41) is 16.2. The molecule has 0 fully saturated rings. The molecule has 0 amide bonds. The average Bonchev–Trinajstić information content (AvgIpc) is 3.49. The fourth-order valence-electron chi connectivity index (χ4n) is 5.93. The molecule has 4 heteroatoms. The maximum Gasteiger partial charge on any atom is 0.161 e. The normalized spacial score (nSPS) is 12.1. The molecule has 1 N–H and O–H groups in total. The van der Waals surface area contributed by atoms with Crippen LogP contribution in [0.15, 0.2) is 162 Å². The number of thiophene rings is 1. The molecule has 0 unspecified atom stereocenters. The summed E-state index contributed by atoms with van der Waals surface area (Å²) in [7, 11) is 0. The van der Waals surface area contributed by atoms with E-state index in [-0.39, 0.29) is 5.84 Å². The smallest absolute Gasteiger partial charge is 0.161 e. The number of nitrogens with one attached hydrogen (secondary N) is 1. The van der Waals surface area contributed by atoms with Crippen molar-refractivity contribution in [3.8, 4) is 11.1 Å². The lowest BCUT2D eigenvalue weighted by atomic mass is 10.00. The number of benzene rings is 7. The molecule has 0 aliphatic heterocycles. The Morgan fingerprint density at radius 2 is 1.27 bits per heavy atom. The molecule has 0 bridgehead atoms. The van der Waals surface area contributed by atoms with Gasteiger partial charge in [-0.3, -0.25) is 5.41 Å². The van der Waals surface area contributed by atoms with Gasteiger partial charge in [-0.2, -0.15) is 0 Å². The minimum atomic E-state index is 0.167. The SMILES string of the molecule is N=C(N=C(N=Cc1cccc2ccc3c4ccccc4sc3c12)c1ccccc1)c1ccc(-c2ccc3ccccc3c2)cc1. The van der Waals surface area contributed by atoms with Crippen molar-refractivity contribution in [3.63, 3.8) is 0 Å². The zero-order chi connectivity index (χ0) is 30.2. The number of aliphatic imine (C=N–C) groups is 2. The number of fused-ring (bicyclic) bond motifs is 6. The van der Waals surface area contributed by atoms with E-state index in [1.807, 2.05) is 60.0 Å². The Kier molecular flexibility index (Phi) is 6.82. The summed E-state index contributed by atoms with van der Waals surface area (Å²) in [6, 6.07) is 52.1. The quantitative estimate of drug-likeness (QED) is 0.156. The molecule has 0 saturated carbocycles. The Morgan fingerprint density at radius 1 is 0.556 bits per heavy atom. The van der Waals surface area contributed by atoms with E-state index in [2.05, 4.69) is 109 Å². The molecular formula is C41H27N3S. The van der Waals surface area contributed by atoms with Gasteiger partial charge in [0.05, 0.1) is 0 Å². The van der Waals surface area contributed by atoms with Crippen molar-refractivity contribution in [3.05, 3.63) is 168 Å². The highest BCUT2D eigenvalue weighted by molar-refractivity contribution is 7.26. The van der Waals surface area contributed by atoms with Gasteiger partial charge in [0.25, 0.3) is 0 Å². The first-order chi connectivity index (χ1) is 22.2. The van der Waals surface area contributed by atoms with Crippen LogP contribution in [0.1, 0.15) is 16.7 Å². The zero-order valence-electron chi connectivity index (χ0n) is 24.3. The van der Waals surface area contributed by atoms with Gasteiger partial charge in [0.2, 0.25) is 0 Å². The van der Waals surface area contributed by atoms with Gasteiger partial charge in [-0.15, -0.1) is 11.3 Å². The van der Waals surface area contributed by atoms with E-state index in [4.69, 9.17) is 15.4 Å². The lowest BCUT2D eigenvalue weighted by molar-refractivity contribution is 1.40. The Morgan fingerprint density at radius 3 is 2.13 bits per heavy atom. The van der Waals surface area contributed by atoms with E-state index in [0.717, 1.165) is 27.8 Å². The number of amidine groups is 2. The standard InChI is InChI=1S/C41H27N3S/c42-40(30-20-17-28(18-21-30)33-22-19-27-9-4-5-12-32(27)25-33)44-41(31-10-2-1-3-11-31)43-26-34-14-8-13-29-23-24-36-35-15-6-7-16-37(35)45-39(36)38(29)34/h1-26,42H. The maximum absolute atomic E-state index is 8.92. The van der Waals surface area contributed by atoms with Crippen LogP contribution in [0.25, 0.3) is 52.8 Å². The van der Waals surface area contributed by atoms with Crippen molar-refractivity contribution in [2.45, 2.75) is 0 Å². The first kappa shape index (κ1) is 26.9. The second-order valence-corrected chi connectivity index (χ2v) is 12.1. The Bertz CT molecular complexity index is 2430. The molecule has 0 aliphatic carbocycles. The molecule has 8 rings (SSSR count). The molecule has 0 aliphatic rings. The highest BCUT2D eigenvalue weighted by atomic mass is 32.1. The molecular weight excluding hydrogens is 567 g/mol. The third-order valence-electron chi connectivity index (χ3n) is 8.24. The van der Waals surface area contributed by atoms with Crippen LogP contribution >= 0.6 is 11.3 Å². The second kappa shape index (κ2) is 11.4. The van der Waals surface area contributed by atoms with Crippen molar-refractivity contribution < 1.29 is 0 Å². The maximum atomic E-state index is 8.92. The predicted octanol–water partition coefficient (Wildman–Crippen LogP) is 10.9. The predicted molar refractivity (Wildman–Crippen MR) is 194 cm³/mol. The van der Waals surface area contributed by atoms with Gasteiger partial charge >= 0.3 is 0 Å². The van der Waals surface area contributed by atoms with Crippen LogP contribution in [0.2, 0.25) is 0 Å². The summed E-state index contributed by atoms with van der Waals surface area (Å²) in [4.78, 5) is 9.68. The summed E-state index contributed by atoms with van der Waals surface area (Å²) in [6.45, 7) is 0. The summed E-state index contributed by atoms with van der Waals surface area (Å²) in [5.74, 6) is 0.667. The Labute approximate surface area is 265 Å². The summed E-state index contributed by atoms with van der Waals surface area (Å²) >= 11 is 1.82. The minimum absolute atomic E-state index is 0.167. The Hall–Kier alpha value is -5.71. The van der Waals surface area contributed by atoms with E-state index in [1.54, 1.807) is 0 Å². The topological polar surface area (TPSA) is 48.6 Å². The van der Waals surface area contributed by atoms with Crippen LogP contribution < -0.4 is 0 Å². The van der Waals surface area contributed by atoms with Gasteiger partial charge in [-0.05, 0) is 39.4 Å². The van der Waals surface area contributed by atoms with Crippen molar-refractivity contribution in [1.82, 2.24) is 0 Å². The monoisotopic (exact) mass is 593 g/mol. The van der Waals surface area contributed by atoms with Gasteiger partial charge in [0.15, 0.2) is 11.7 Å². The molecule has 3 nitrogen and oxygen atoms in total. The van der Waals surface area contributed by atoms with Gasteiger partial charge in [0.1, 0.15) is 0 Å². The van der Waals surface area contributed by atoms with Crippen LogP contribution in [0.4, 0.5) is 0 Å². The summed E-state index contributed by atoms with van der Waals surface area (Å²) in [6.07, 6.45) is 1.90. The lowest BCUT2D eigenvalue weighted by Crippen LogP contribution is -2.04. The van der Waals surface area contributed by atoms with Gasteiger partial charge in [-0.25, -0.2) is 9.98 Å². The molecule has 7 aromatic carbocycles. The molecule has 212 valence electrons. The van der Waals surface area contributed by atoms with E-state index >= 15 is 0 Å². The van der Waals surface area contributed by atoms with Crippen molar-refractivity contribution in [2.75, 3.05) is 0 Å². The van der Waals surface area contributed by atoms with E-state index in [1.165, 1.54) is 41.7 Å². The molecule has 8 aromatic rings. The van der Waals surface area contributed by atoms with Crippen LogP contribution in [0, 0.1) is 5.41 Å². The van der Waals surface area contributed by atoms with Gasteiger partial charge in [0, 0.05) is 48.5 Å². The molecule has 1 heterocycles. The number of nitrogens with zero attached hydrogens (tertiary/aromatic N) is 2. The zero-order valence-corrected chi connectivity index (χ0v) is 25.1. The molecule has 0 saturated heterocycles. The molecule has 45 heavy (non-hydrogen) atoms. The molecule has 0 atom stereocenters. The summed E-state index contributed by atoms with van der Waals surface area (Å²) in [5.41, 5.74) is 4.87. The van der Waals surface area contributed by atoms with E-state index < -0.39 is 0 Å². The highest BCUT2D eigenvalue weighted by Crippen LogP contribution is 2.39. The van der Waals surface area contributed by atoms with Gasteiger partial charge in [-0.1, -0.05) is 140 Å². The van der Waals surface area contributed by atoms with Gasteiger partial charge < -0.3 is 0 Å². The second-order valence-electron chi connectivity index (χ2n) is 11.0. The highest BCUT2D eigenvalue weighted by Gasteiger charge is 2.12. The Balaban J connectivity index is 1.16. The number of rotatable bonds is 4. The third kappa shape index (κ3) is 5.12. The van der Waals surface area contributed by atoms with E-state index in [0.29, 0.717) is 5.84 Å². The average molecular weight is 594 g/mol. The summed E-state index contributed by atoms with van der Waals surface area (Å²) < 4.78 is 2.53. The molecule has 1 aromatic heterocycles.